The molecule has 9 heteroatoms. The number of non-ortho nitro benzene ring substituents is 1. The molecule has 0 saturated carbocycles. The molecule has 0 N–H and O–H groups in total. The molecule has 9 nitrogen and oxygen atoms in total. The molecule has 2 heterocycles. The fraction of sp³-hybridized carbons (Fsp3) is 0.280. The molecule has 1 saturated heterocycles. The number of carbonyl (C=O) groups is 2. The minimum absolute atomic E-state index is 0.0823. The Hall–Kier alpha value is -3.98. The number of morpholine rings is 1. The molecule has 2 aromatic rings. The number of ether oxygens (including phenoxy) is 3. The number of Topliss-reactive ketones (excluding diaryl/α,β-unsaturated/α-hetero) is 1. The molecule has 5 rings (SSSR count). The first-order valence-corrected chi connectivity index (χ1v) is 11.1. The van der Waals surface area contributed by atoms with Crippen molar-refractivity contribution >= 4 is 23.2 Å². The summed E-state index contributed by atoms with van der Waals surface area (Å²) in [6.07, 6.45) is 0. The van der Waals surface area contributed by atoms with Crippen molar-refractivity contribution in [3.8, 4) is 0 Å². The number of esters is 1. The number of ketones is 1. The average Bonchev–Trinajstić information content (AvgIpc) is 3.15. The van der Waals surface area contributed by atoms with Gasteiger partial charge in [0.05, 0.1) is 36.2 Å². The third-order valence-corrected chi connectivity index (χ3v) is 6.14. The maximum absolute atomic E-state index is 13.5. The number of benzene rings is 2. The second kappa shape index (κ2) is 8.75. The van der Waals surface area contributed by atoms with Crippen LogP contribution in [0, 0.1) is 10.1 Å². The van der Waals surface area contributed by atoms with Crippen LogP contribution in [0.25, 0.3) is 5.76 Å². The molecule has 34 heavy (non-hydrogen) atoms. The summed E-state index contributed by atoms with van der Waals surface area (Å²) in [5.74, 6) is -0.910. The minimum atomic E-state index is -0.804. The standard InChI is InChI=1S/C25H22N2O7/c1-2-33-25(29)21-19(15-7-9-16(10-8-15)27(30)31)20-22(28)17-5-3-4-6-18(17)23(20)34-24(21)26-11-13-32-14-12-26/h3-10,19H,2,11-14H2,1H3. The van der Waals surface area contributed by atoms with E-state index in [4.69, 9.17) is 14.2 Å². The summed E-state index contributed by atoms with van der Waals surface area (Å²) in [5, 5.41) is 11.2. The van der Waals surface area contributed by atoms with Crippen LogP contribution in [0.15, 0.2) is 65.6 Å². The van der Waals surface area contributed by atoms with E-state index >= 15 is 0 Å². The van der Waals surface area contributed by atoms with E-state index in [1.54, 1.807) is 31.2 Å². The zero-order chi connectivity index (χ0) is 23.8. The summed E-state index contributed by atoms with van der Waals surface area (Å²) in [6.45, 7) is 3.79. The fourth-order valence-corrected chi connectivity index (χ4v) is 4.60. The Labute approximate surface area is 195 Å². The Kier molecular flexibility index (Phi) is 5.62. The predicted molar refractivity (Wildman–Crippen MR) is 121 cm³/mol. The highest BCUT2D eigenvalue weighted by atomic mass is 16.6. The van der Waals surface area contributed by atoms with Crippen molar-refractivity contribution in [2.24, 2.45) is 0 Å². The highest BCUT2D eigenvalue weighted by Gasteiger charge is 2.46. The Balaban J connectivity index is 1.72. The number of nitro benzene ring substituents is 1. The van der Waals surface area contributed by atoms with E-state index in [1.165, 1.54) is 12.1 Å². The third kappa shape index (κ3) is 3.54. The van der Waals surface area contributed by atoms with E-state index in [-0.39, 0.29) is 23.7 Å². The van der Waals surface area contributed by atoms with Crippen molar-refractivity contribution in [3.63, 3.8) is 0 Å². The Morgan fingerprint density at radius 3 is 2.44 bits per heavy atom. The zero-order valence-electron chi connectivity index (χ0n) is 18.5. The van der Waals surface area contributed by atoms with Crippen molar-refractivity contribution in [3.05, 3.63) is 92.4 Å². The summed E-state index contributed by atoms with van der Waals surface area (Å²) in [6, 6.07) is 13.0. The normalized spacial score (nSPS) is 19.5. The van der Waals surface area contributed by atoms with Crippen molar-refractivity contribution in [2.75, 3.05) is 32.9 Å². The van der Waals surface area contributed by atoms with Crippen molar-refractivity contribution in [1.82, 2.24) is 4.90 Å². The SMILES string of the molecule is CCOC(=O)C1=C(N2CCOCC2)OC2=C(C(=O)c3ccccc32)C1c1ccc([N+](=O)[O-])cc1. The van der Waals surface area contributed by atoms with E-state index in [1.807, 2.05) is 17.0 Å². The van der Waals surface area contributed by atoms with Crippen LogP contribution in [0.2, 0.25) is 0 Å². The molecule has 2 aromatic carbocycles. The molecule has 1 atom stereocenters. The third-order valence-electron chi connectivity index (χ3n) is 6.14. The van der Waals surface area contributed by atoms with Gasteiger partial charge in [-0.2, -0.15) is 0 Å². The topological polar surface area (TPSA) is 108 Å². The number of hydrogen-bond donors (Lipinski definition) is 0. The highest BCUT2D eigenvalue weighted by Crippen LogP contribution is 2.50. The number of nitro groups is 1. The van der Waals surface area contributed by atoms with Crippen LogP contribution in [0.1, 0.15) is 34.3 Å². The molecule has 0 aromatic heterocycles. The lowest BCUT2D eigenvalue weighted by atomic mass is 9.81. The maximum Gasteiger partial charge on any atom is 0.340 e. The number of fused-ring (bicyclic) bond motifs is 2. The van der Waals surface area contributed by atoms with Gasteiger partial charge in [0.15, 0.2) is 5.78 Å². The average molecular weight is 462 g/mol. The summed E-state index contributed by atoms with van der Waals surface area (Å²) in [7, 11) is 0. The van der Waals surface area contributed by atoms with Gasteiger partial charge in [-0.15, -0.1) is 0 Å². The van der Waals surface area contributed by atoms with Crippen molar-refractivity contribution in [1.29, 1.82) is 0 Å². The molecule has 0 spiro atoms. The van der Waals surface area contributed by atoms with Crippen molar-refractivity contribution < 1.29 is 28.7 Å². The Morgan fingerprint density at radius 2 is 1.79 bits per heavy atom. The summed E-state index contributed by atoms with van der Waals surface area (Å²) < 4.78 is 17.2. The molecule has 0 bridgehead atoms. The molecule has 2 aliphatic heterocycles. The van der Waals surface area contributed by atoms with E-state index < -0.39 is 16.8 Å². The molecule has 0 amide bonds. The predicted octanol–water partition coefficient (Wildman–Crippen LogP) is 3.42. The first kappa shape index (κ1) is 21.8. The van der Waals surface area contributed by atoms with E-state index in [2.05, 4.69) is 0 Å². The van der Waals surface area contributed by atoms with Gasteiger partial charge in [-0.25, -0.2) is 4.79 Å². The summed E-state index contributed by atoms with van der Waals surface area (Å²) >= 11 is 0. The number of hydrogen-bond acceptors (Lipinski definition) is 8. The number of rotatable bonds is 5. The lowest BCUT2D eigenvalue weighted by Gasteiger charge is -2.36. The second-order valence-electron chi connectivity index (χ2n) is 8.04. The van der Waals surface area contributed by atoms with Crippen LogP contribution in [0.4, 0.5) is 5.69 Å². The van der Waals surface area contributed by atoms with Crippen LogP contribution in [-0.4, -0.2) is 54.5 Å². The van der Waals surface area contributed by atoms with Gasteiger partial charge in [0, 0.05) is 36.3 Å². The van der Waals surface area contributed by atoms with Gasteiger partial charge in [0.1, 0.15) is 11.3 Å². The maximum atomic E-state index is 13.5. The van der Waals surface area contributed by atoms with Gasteiger partial charge in [-0.05, 0) is 12.5 Å². The summed E-state index contributed by atoms with van der Waals surface area (Å²) in [5.41, 5.74) is 2.17. The molecule has 3 aliphatic rings. The Bertz CT molecular complexity index is 1240. The van der Waals surface area contributed by atoms with Crippen LogP contribution in [-0.2, 0) is 19.0 Å². The number of nitrogens with zero attached hydrogens (tertiary/aromatic N) is 2. The van der Waals surface area contributed by atoms with Crippen LogP contribution in [0.3, 0.4) is 0 Å². The quantitative estimate of drug-likeness (QED) is 0.378. The second-order valence-corrected chi connectivity index (χ2v) is 8.04. The molecular formula is C25H22N2O7. The molecule has 1 unspecified atom stereocenters. The van der Waals surface area contributed by atoms with E-state index in [9.17, 15) is 19.7 Å². The van der Waals surface area contributed by atoms with Gasteiger partial charge < -0.3 is 19.1 Å². The van der Waals surface area contributed by atoms with Crippen molar-refractivity contribution in [2.45, 2.75) is 12.8 Å². The molecule has 1 aliphatic carbocycles. The van der Waals surface area contributed by atoms with E-state index in [0.29, 0.717) is 60.2 Å². The monoisotopic (exact) mass is 462 g/mol. The van der Waals surface area contributed by atoms with Crippen LogP contribution in [0.5, 0.6) is 0 Å². The van der Waals surface area contributed by atoms with Gasteiger partial charge in [-0.1, -0.05) is 36.4 Å². The van der Waals surface area contributed by atoms with Gasteiger partial charge >= 0.3 is 5.97 Å². The molecule has 1 fully saturated rings. The molecule has 174 valence electrons. The fourth-order valence-electron chi connectivity index (χ4n) is 4.60. The first-order chi connectivity index (χ1) is 16.5. The smallest absolute Gasteiger partial charge is 0.340 e. The van der Waals surface area contributed by atoms with Crippen LogP contribution >= 0.6 is 0 Å². The lowest BCUT2D eigenvalue weighted by molar-refractivity contribution is -0.384. The largest absolute Gasteiger partial charge is 0.462 e. The first-order valence-electron chi connectivity index (χ1n) is 11.1. The minimum Gasteiger partial charge on any atom is -0.462 e. The summed E-state index contributed by atoms with van der Waals surface area (Å²) in [4.78, 5) is 39.5. The number of carbonyl (C=O) groups excluding carboxylic acids is 2. The Morgan fingerprint density at radius 1 is 1.12 bits per heavy atom. The van der Waals surface area contributed by atoms with E-state index in [0.717, 1.165) is 0 Å². The lowest BCUT2D eigenvalue weighted by Crippen LogP contribution is -2.40. The van der Waals surface area contributed by atoms with Gasteiger partial charge in [-0.3, -0.25) is 14.9 Å². The highest BCUT2D eigenvalue weighted by molar-refractivity contribution is 6.22. The molecular weight excluding hydrogens is 440 g/mol. The van der Waals surface area contributed by atoms with Crippen LogP contribution < -0.4 is 0 Å². The number of allylic oxidation sites excluding steroid dienone is 1. The zero-order valence-corrected chi connectivity index (χ0v) is 18.5. The van der Waals surface area contributed by atoms with Gasteiger partial charge in [0.25, 0.3) is 5.69 Å². The molecule has 0 radical (unpaired) electrons. The van der Waals surface area contributed by atoms with Gasteiger partial charge in [0.2, 0.25) is 5.88 Å².